The van der Waals surface area contributed by atoms with Gasteiger partial charge in [-0.15, -0.1) is 11.6 Å². The zero-order chi connectivity index (χ0) is 14.5. The Morgan fingerprint density at radius 3 is 2.70 bits per heavy atom. The molecule has 2 aromatic carbocycles. The van der Waals surface area contributed by atoms with Crippen LogP contribution in [0.15, 0.2) is 40.9 Å². The molecule has 2 rings (SSSR count). The van der Waals surface area contributed by atoms with E-state index >= 15 is 0 Å². The highest BCUT2D eigenvalue weighted by Crippen LogP contribution is 2.25. The summed E-state index contributed by atoms with van der Waals surface area (Å²) in [6, 6.07) is 11.6. The summed E-state index contributed by atoms with van der Waals surface area (Å²) in [7, 11) is 0. The van der Waals surface area contributed by atoms with E-state index in [2.05, 4.69) is 15.9 Å². The van der Waals surface area contributed by atoms with Gasteiger partial charge in [0.25, 0.3) is 0 Å². The first-order valence-corrected chi connectivity index (χ1v) is 7.12. The molecule has 5 heteroatoms. The maximum atomic E-state index is 13.6. The van der Waals surface area contributed by atoms with E-state index in [9.17, 15) is 4.39 Å². The standard InChI is InChI=1S/C15H10BrClFNO/c16-14-3-2-13(6-11(14)7-17)20-9-12-5-10(8-19)1-4-15(12)18/h1-6H,7,9H2. The number of hydrogen-bond acceptors (Lipinski definition) is 2. The summed E-state index contributed by atoms with van der Waals surface area (Å²) >= 11 is 9.19. The fourth-order valence-corrected chi connectivity index (χ4v) is 2.43. The average Bonchev–Trinajstić information content (AvgIpc) is 2.47. The largest absolute Gasteiger partial charge is 0.489 e. The average molecular weight is 355 g/mol. The van der Waals surface area contributed by atoms with Crippen molar-refractivity contribution in [1.82, 2.24) is 0 Å². The molecule has 2 aromatic rings. The third-order valence-corrected chi connectivity index (χ3v) is 3.79. The summed E-state index contributed by atoms with van der Waals surface area (Å²) in [5.41, 5.74) is 1.65. The molecule has 0 saturated heterocycles. The SMILES string of the molecule is N#Cc1ccc(F)c(COc2ccc(Br)c(CCl)c2)c1. The van der Waals surface area contributed by atoms with Crippen LogP contribution < -0.4 is 4.74 Å². The molecule has 0 aliphatic carbocycles. The third-order valence-electron chi connectivity index (χ3n) is 2.73. The first-order chi connectivity index (χ1) is 9.63. The minimum Gasteiger partial charge on any atom is -0.489 e. The van der Waals surface area contributed by atoms with Crippen LogP contribution in [0, 0.1) is 17.1 Å². The molecule has 0 heterocycles. The number of alkyl halides is 1. The van der Waals surface area contributed by atoms with Gasteiger partial charge in [0.2, 0.25) is 0 Å². The minimum absolute atomic E-state index is 0.0602. The van der Waals surface area contributed by atoms with Crippen molar-refractivity contribution in [3.8, 4) is 11.8 Å². The van der Waals surface area contributed by atoms with Gasteiger partial charge in [0.15, 0.2) is 0 Å². The second-order valence-electron chi connectivity index (χ2n) is 4.09. The minimum atomic E-state index is -0.390. The smallest absolute Gasteiger partial charge is 0.129 e. The fraction of sp³-hybridized carbons (Fsp3) is 0.133. The molecule has 0 atom stereocenters. The Morgan fingerprint density at radius 1 is 1.20 bits per heavy atom. The predicted molar refractivity (Wildman–Crippen MR) is 79.1 cm³/mol. The third kappa shape index (κ3) is 3.50. The number of halogens is 3. The van der Waals surface area contributed by atoms with Crippen LogP contribution in [0.4, 0.5) is 4.39 Å². The Morgan fingerprint density at radius 2 is 2.00 bits per heavy atom. The lowest BCUT2D eigenvalue weighted by atomic mass is 10.1. The summed E-state index contributed by atoms with van der Waals surface area (Å²) in [4.78, 5) is 0. The van der Waals surface area contributed by atoms with E-state index in [1.165, 1.54) is 18.2 Å². The normalized spacial score (nSPS) is 10.1. The van der Waals surface area contributed by atoms with Gasteiger partial charge in [0.1, 0.15) is 18.2 Å². The van der Waals surface area contributed by atoms with Crippen LogP contribution in [0.25, 0.3) is 0 Å². The maximum absolute atomic E-state index is 13.6. The second-order valence-corrected chi connectivity index (χ2v) is 5.22. The molecule has 102 valence electrons. The summed E-state index contributed by atoms with van der Waals surface area (Å²) in [5, 5.41) is 8.80. The highest BCUT2D eigenvalue weighted by Gasteiger charge is 2.06. The van der Waals surface area contributed by atoms with Gasteiger partial charge in [-0.2, -0.15) is 5.26 Å². The zero-order valence-electron chi connectivity index (χ0n) is 10.4. The van der Waals surface area contributed by atoms with Crippen molar-refractivity contribution < 1.29 is 9.13 Å². The van der Waals surface area contributed by atoms with Gasteiger partial charge in [0, 0.05) is 15.9 Å². The number of nitrogens with zero attached hydrogens (tertiary/aromatic N) is 1. The van der Waals surface area contributed by atoms with Crippen molar-refractivity contribution in [2.24, 2.45) is 0 Å². The van der Waals surface area contributed by atoms with E-state index < -0.39 is 5.82 Å². The molecule has 0 aliphatic rings. The number of rotatable bonds is 4. The van der Waals surface area contributed by atoms with Gasteiger partial charge in [-0.25, -0.2) is 4.39 Å². The van der Waals surface area contributed by atoms with Crippen LogP contribution in [0.3, 0.4) is 0 Å². The first-order valence-electron chi connectivity index (χ1n) is 5.79. The molecular formula is C15H10BrClFNO. The molecule has 0 bridgehead atoms. The maximum Gasteiger partial charge on any atom is 0.129 e. The van der Waals surface area contributed by atoms with E-state index in [1.807, 2.05) is 12.1 Å². The lowest BCUT2D eigenvalue weighted by molar-refractivity contribution is 0.299. The van der Waals surface area contributed by atoms with Gasteiger partial charge in [0.05, 0.1) is 11.6 Å². The van der Waals surface area contributed by atoms with Gasteiger partial charge in [-0.05, 0) is 42.0 Å². The van der Waals surface area contributed by atoms with Crippen molar-refractivity contribution >= 4 is 27.5 Å². The zero-order valence-corrected chi connectivity index (χ0v) is 12.7. The Kier molecular flexibility index (Phi) is 4.99. The molecule has 0 amide bonds. The summed E-state index contributed by atoms with van der Waals surface area (Å²) in [5.74, 6) is 0.570. The Hall–Kier alpha value is -1.57. The van der Waals surface area contributed by atoms with Crippen molar-refractivity contribution in [2.45, 2.75) is 12.5 Å². The van der Waals surface area contributed by atoms with Crippen LogP contribution in [0.5, 0.6) is 5.75 Å². The molecule has 0 spiro atoms. The van der Waals surface area contributed by atoms with E-state index in [4.69, 9.17) is 21.6 Å². The number of nitriles is 1. The van der Waals surface area contributed by atoms with Crippen molar-refractivity contribution in [3.63, 3.8) is 0 Å². The lowest BCUT2D eigenvalue weighted by Crippen LogP contribution is -1.99. The molecular weight excluding hydrogens is 345 g/mol. The fourth-order valence-electron chi connectivity index (χ4n) is 1.66. The molecule has 0 radical (unpaired) electrons. The summed E-state index contributed by atoms with van der Waals surface area (Å²) < 4.78 is 20.0. The van der Waals surface area contributed by atoms with E-state index in [0.717, 1.165) is 10.0 Å². The molecule has 2 nitrogen and oxygen atoms in total. The monoisotopic (exact) mass is 353 g/mol. The van der Waals surface area contributed by atoms with Crippen LogP contribution in [-0.2, 0) is 12.5 Å². The summed E-state index contributed by atoms with van der Waals surface area (Å²) in [6.07, 6.45) is 0. The van der Waals surface area contributed by atoms with Crippen molar-refractivity contribution in [2.75, 3.05) is 0 Å². The van der Waals surface area contributed by atoms with Gasteiger partial charge >= 0.3 is 0 Å². The van der Waals surface area contributed by atoms with Gasteiger partial charge in [-0.3, -0.25) is 0 Å². The van der Waals surface area contributed by atoms with E-state index in [0.29, 0.717) is 22.8 Å². The highest BCUT2D eigenvalue weighted by molar-refractivity contribution is 9.10. The number of hydrogen-bond donors (Lipinski definition) is 0. The topological polar surface area (TPSA) is 33.0 Å². The highest BCUT2D eigenvalue weighted by atomic mass is 79.9. The van der Waals surface area contributed by atoms with Crippen LogP contribution in [0.1, 0.15) is 16.7 Å². The molecule has 0 saturated carbocycles. The summed E-state index contributed by atoms with van der Waals surface area (Å²) in [6.45, 7) is 0.0602. The molecule has 20 heavy (non-hydrogen) atoms. The van der Waals surface area contributed by atoms with Crippen molar-refractivity contribution in [1.29, 1.82) is 5.26 Å². The number of benzene rings is 2. The quantitative estimate of drug-likeness (QED) is 0.740. The molecule has 0 unspecified atom stereocenters. The molecule has 0 aromatic heterocycles. The molecule has 0 N–H and O–H groups in total. The first kappa shape index (κ1) is 14.8. The van der Waals surface area contributed by atoms with E-state index in [-0.39, 0.29) is 6.61 Å². The van der Waals surface area contributed by atoms with Crippen LogP contribution in [0.2, 0.25) is 0 Å². The van der Waals surface area contributed by atoms with Crippen LogP contribution in [-0.4, -0.2) is 0 Å². The Balaban J connectivity index is 2.15. The van der Waals surface area contributed by atoms with Crippen molar-refractivity contribution in [3.05, 3.63) is 63.4 Å². The second kappa shape index (κ2) is 6.74. The molecule has 0 aliphatic heterocycles. The Bertz CT molecular complexity index is 669. The van der Waals surface area contributed by atoms with E-state index in [1.54, 1.807) is 12.1 Å². The molecule has 0 fully saturated rings. The number of ether oxygens (including phenoxy) is 1. The van der Waals surface area contributed by atoms with Gasteiger partial charge in [-0.1, -0.05) is 15.9 Å². The van der Waals surface area contributed by atoms with Crippen LogP contribution >= 0.6 is 27.5 Å². The Labute approximate surface area is 129 Å². The predicted octanol–water partition coefficient (Wildman–Crippen LogP) is 4.78. The lowest BCUT2D eigenvalue weighted by Gasteiger charge is -2.09. The van der Waals surface area contributed by atoms with Gasteiger partial charge < -0.3 is 4.74 Å².